The highest BCUT2D eigenvalue weighted by Crippen LogP contribution is 2.25. The molecule has 8 heteroatoms. The number of nitrogens with one attached hydrogen (secondary N) is 2. The Morgan fingerprint density at radius 3 is 2.58 bits per heavy atom. The van der Waals surface area contributed by atoms with Gasteiger partial charge in [-0.05, 0) is 43.3 Å². The normalized spacial score (nSPS) is 11.0. The number of anilines is 1. The van der Waals surface area contributed by atoms with E-state index in [1.807, 2.05) is 0 Å². The van der Waals surface area contributed by atoms with Crippen molar-refractivity contribution in [2.75, 3.05) is 12.4 Å². The van der Waals surface area contributed by atoms with Gasteiger partial charge in [-0.15, -0.1) is 0 Å². The van der Waals surface area contributed by atoms with Gasteiger partial charge in [0.05, 0.1) is 23.6 Å². The lowest BCUT2D eigenvalue weighted by Gasteiger charge is -2.07. The molecular weight excluding hydrogens is 377 g/mol. The second-order valence-electron chi connectivity index (χ2n) is 5.37. The van der Waals surface area contributed by atoms with E-state index < -0.39 is 5.91 Å². The van der Waals surface area contributed by atoms with Gasteiger partial charge in [-0.1, -0.05) is 29.3 Å². The molecule has 0 radical (unpaired) electrons. The van der Waals surface area contributed by atoms with Gasteiger partial charge in [0.1, 0.15) is 5.75 Å². The first kappa shape index (κ1) is 19.8. The molecule has 0 heterocycles. The van der Waals surface area contributed by atoms with Crippen molar-refractivity contribution < 1.29 is 14.3 Å². The monoisotopic (exact) mass is 393 g/mol. The van der Waals surface area contributed by atoms with E-state index in [1.165, 1.54) is 7.11 Å². The van der Waals surface area contributed by atoms with Crippen molar-refractivity contribution in [3.05, 3.63) is 58.1 Å². The molecule has 0 aliphatic carbocycles. The lowest BCUT2D eigenvalue weighted by Crippen LogP contribution is -2.21. The minimum Gasteiger partial charge on any atom is -0.497 e. The number of hydrazone groups is 1. The van der Waals surface area contributed by atoms with Crippen molar-refractivity contribution >= 4 is 46.4 Å². The summed E-state index contributed by atoms with van der Waals surface area (Å²) in [7, 11) is 1.52. The van der Waals surface area contributed by atoms with Gasteiger partial charge in [0, 0.05) is 17.0 Å². The van der Waals surface area contributed by atoms with Crippen LogP contribution in [0.1, 0.15) is 23.7 Å². The molecule has 2 aromatic rings. The molecular formula is C18H17Cl2N3O3. The van der Waals surface area contributed by atoms with Gasteiger partial charge in [-0.2, -0.15) is 5.10 Å². The van der Waals surface area contributed by atoms with E-state index in [4.69, 9.17) is 27.9 Å². The average Bonchev–Trinajstić information content (AvgIpc) is 2.62. The fraction of sp³-hybridized carbons (Fsp3) is 0.167. The van der Waals surface area contributed by atoms with Gasteiger partial charge < -0.3 is 10.1 Å². The summed E-state index contributed by atoms with van der Waals surface area (Å²) in [4.78, 5) is 24.1. The van der Waals surface area contributed by atoms with Crippen LogP contribution in [0.2, 0.25) is 10.0 Å². The number of hydrogen-bond acceptors (Lipinski definition) is 4. The molecule has 0 bridgehead atoms. The second-order valence-corrected chi connectivity index (χ2v) is 6.19. The summed E-state index contributed by atoms with van der Waals surface area (Å²) in [5.74, 6) is -0.118. The Hall–Kier alpha value is -2.57. The van der Waals surface area contributed by atoms with Crippen LogP contribution in [0.3, 0.4) is 0 Å². The maximum Gasteiger partial charge on any atom is 0.271 e. The number of hydrogen-bond donors (Lipinski definition) is 2. The number of halogens is 2. The molecule has 0 aliphatic rings. The Morgan fingerprint density at radius 1 is 1.12 bits per heavy atom. The highest BCUT2D eigenvalue weighted by atomic mass is 35.5. The Morgan fingerprint density at radius 2 is 1.88 bits per heavy atom. The van der Waals surface area contributed by atoms with Crippen molar-refractivity contribution in [3.63, 3.8) is 0 Å². The molecule has 0 aromatic heterocycles. The van der Waals surface area contributed by atoms with Crippen LogP contribution in [0.4, 0.5) is 5.69 Å². The standard InChI is InChI=1S/C18H17Cl2N3O3/c1-11(8-17(24)21-13-6-7-15(19)16(20)10-13)22-23-18(25)12-4-3-5-14(9-12)26-2/h3-7,9-10H,8H2,1-2H3,(H,21,24)(H,23,25)/b22-11+. The molecule has 0 unspecified atom stereocenters. The van der Waals surface area contributed by atoms with Crippen molar-refractivity contribution in [1.82, 2.24) is 5.43 Å². The molecule has 0 saturated carbocycles. The number of amides is 2. The average molecular weight is 394 g/mol. The maximum atomic E-state index is 12.1. The Kier molecular flexibility index (Phi) is 7.00. The first-order chi connectivity index (χ1) is 12.4. The summed E-state index contributed by atoms with van der Waals surface area (Å²) in [5, 5.41) is 7.37. The van der Waals surface area contributed by atoms with Crippen LogP contribution in [-0.2, 0) is 4.79 Å². The smallest absolute Gasteiger partial charge is 0.271 e. The van der Waals surface area contributed by atoms with Crippen LogP contribution in [0.25, 0.3) is 0 Å². The summed E-state index contributed by atoms with van der Waals surface area (Å²) in [6.07, 6.45) is 0.0125. The summed E-state index contributed by atoms with van der Waals surface area (Å²) in [6, 6.07) is 11.5. The van der Waals surface area contributed by atoms with Gasteiger partial charge in [0.25, 0.3) is 5.91 Å². The topological polar surface area (TPSA) is 79.8 Å². The van der Waals surface area contributed by atoms with Gasteiger partial charge in [0.15, 0.2) is 0 Å². The zero-order valence-electron chi connectivity index (χ0n) is 14.2. The first-order valence-electron chi connectivity index (χ1n) is 7.61. The Bertz CT molecular complexity index is 853. The van der Waals surface area contributed by atoms with E-state index in [0.717, 1.165) is 0 Å². The summed E-state index contributed by atoms with van der Waals surface area (Å²) in [5.41, 5.74) is 3.78. The van der Waals surface area contributed by atoms with Gasteiger partial charge in [0.2, 0.25) is 5.91 Å². The molecule has 2 amide bonds. The lowest BCUT2D eigenvalue weighted by atomic mass is 10.2. The molecule has 2 N–H and O–H groups in total. The third-order valence-electron chi connectivity index (χ3n) is 3.30. The largest absolute Gasteiger partial charge is 0.497 e. The number of rotatable bonds is 6. The number of carbonyl (C=O) groups excluding carboxylic acids is 2. The van der Waals surface area contributed by atoms with Crippen molar-refractivity contribution in [2.45, 2.75) is 13.3 Å². The molecule has 136 valence electrons. The highest BCUT2D eigenvalue weighted by molar-refractivity contribution is 6.42. The fourth-order valence-electron chi connectivity index (χ4n) is 2.03. The molecule has 0 spiro atoms. The van der Waals surface area contributed by atoms with Crippen molar-refractivity contribution in [1.29, 1.82) is 0 Å². The van der Waals surface area contributed by atoms with Gasteiger partial charge >= 0.3 is 0 Å². The summed E-state index contributed by atoms with van der Waals surface area (Å²) >= 11 is 11.7. The quantitative estimate of drug-likeness (QED) is 0.571. The van der Waals surface area contributed by atoms with Crippen molar-refractivity contribution in [3.8, 4) is 5.75 Å². The minimum atomic E-state index is -0.395. The Labute approximate surface area is 161 Å². The lowest BCUT2D eigenvalue weighted by molar-refractivity contribution is -0.115. The number of methoxy groups -OCH3 is 1. The third kappa shape index (κ3) is 5.75. The maximum absolute atomic E-state index is 12.1. The van der Waals surface area contributed by atoms with Crippen LogP contribution in [-0.4, -0.2) is 24.6 Å². The number of nitrogens with zero attached hydrogens (tertiary/aromatic N) is 1. The predicted molar refractivity (Wildman–Crippen MR) is 103 cm³/mol. The van der Waals surface area contributed by atoms with Gasteiger partial charge in [-0.3, -0.25) is 9.59 Å². The SMILES string of the molecule is COc1cccc(C(=O)N/N=C(\C)CC(=O)Nc2ccc(Cl)c(Cl)c2)c1. The predicted octanol–water partition coefficient (Wildman–Crippen LogP) is 4.14. The molecule has 0 saturated heterocycles. The Balaban J connectivity index is 1.91. The summed E-state index contributed by atoms with van der Waals surface area (Å²) < 4.78 is 5.07. The zero-order chi connectivity index (χ0) is 19.1. The molecule has 2 aromatic carbocycles. The number of carbonyl (C=O) groups is 2. The molecule has 2 rings (SSSR count). The van der Waals surface area contributed by atoms with Gasteiger partial charge in [-0.25, -0.2) is 5.43 Å². The third-order valence-corrected chi connectivity index (χ3v) is 4.04. The van der Waals surface area contributed by atoms with Crippen LogP contribution in [0.5, 0.6) is 5.75 Å². The fourth-order valence-corrected chi connectivity index (χ4v) is 2.32. The molecule has 0 fully saturated rings. The highest BCUT2D eigenvalue weighted by Gasteiger charge is 2.08. The molecule has 0 atom stereocenters. The van der Waals surface area contributed by atoms with E-state index in [9.17, 15) is 9.59 Å². The van der Waals surface area contributed by atoms with E-state index in [0.29, 0.717) is 32.8 Å². The zero-order valence-corrected chi connectivity index (χ0v) is 15.7. The van der Waals surface area contributed by atoms with Crippen LogP contribution < -0.4 is 15.5 Å². The molecule has 0 aliphatic heterocycles. The molecule has 26 heavy (non-hydrogen) atoms. The van der Waals surface area contributed by atoms with E-state index in [2.05, 4.69) is 15.8 Å². The van der Waals surface area contributed by atoms with Crippen LogP contribution in [0, 0.1) is 0 Å². The summed E-state index contributed by atoms with van der Waals surface area (Å²) in [6.45, 7) is 1.64. The van der Waals surface area contributed by atoms with E-state index in [1.54, 1.807) is 49.4 Å². The number of ether oxygens (including phenoxy) is 1. The number of benzene rings is 2. The molecule has 6 nitrogen and oxygen atoms in total. The minimum absolute atomic E-state index is 0.0125. The first-order valence-corrected chi connectivity index (χ1v) is 8.37. The van der Waals surface area contributed by atoms with Crippen LogP contribution in [0.15, 0.2) is 47.6 Å². The second kappa shape index (κ2) is 9.22. The van der Waals surface area contributed by atoms with E-state index >= 15 is 0 Å². The van der Waals surface area contributed by atoms with Crippen LogP contribution >= 0.6 is 23.2 Å². The van der Waals surface area contributed by atoms with E-state index in [-0.39, 0.29) is 12.3 Å². The van der Waals surface area contributed by atoms with Crippen molar-refractivity contribution in [2.24, 2.45) is 5.10 Å².